The predicted molar refractivity (Wildman–Crippen MR) is 47.6 cm³/mol. The van der Waals surface area contributed by atoms with E-state index in [1.807, 2.05) is 12.1 Å². The Hall–Kier alpha value is 0.230. The second-order valence-corrected chi connectivity index (χ2v) is 2.23. The first kappa shape index (κ1) is 9.23. The molecule has 1 atom stereocenters. The van der Waals surface area contributed by atoms with Gasteiger partial charge in [0.15, 0.2) is 0 Å². The zero-order chi connectivity index (χ0) is 5.98. The average molecular weight is 181 g/mol. The van der Waals surface area contributed by atoms with Crippen molar-refractivity contribution in [3.8, 4) is 0 Å². The van der Waals surface area contributed by atoms with Crippen LogP contribution in [0.5, 0.6) is 0 Å². The maximum Gasteiger partial charge on any atom is 0.0592 e. The predicted octanol–water partition coefficient (Wildman–Crippen LogP) is 3.05. The summed E-state index contributed by atoms with van der Waals surface area (Å²) in [5.41, 5.74) is 0. The fourth-order valence-corrected chi connectivity index (χ4v) is 0.711. The molecule has 0 saturated heterocycles. The Morgan fingerprint density at radius 2 is 1.22 bits per heavy atom. The van der Waals surface area contributed by atoms with Gasteiger partial charge in [-0.1, -0.05) is 35.3 Å². The first-order valence-electron chi connectivity index (χ1n) is 2.21. The molecule has 0 radical (unpaired) electrons. The molecule has 1 aromatic carbocycles. The van der Waals surface area contributed by atoms with Gasteiger partial charge >= 0.3 is 0 Å². The van der Waals surface area contributed by atoms with Crippen LogP contribution in [0.15, 0.2) is 24.3 Å². The quantitative estimate of drug-likeness (QED) is 0.539. The van der Waals surface area contributed by atoms with Crippen LogP contribution < -0.4 is 0 Å². The van der Waals surface area contributed by atoms with Crippen molar-refractivity contribution < 1.29 is 0 Å². The number of benzene rings is 1. The summed E-state index contributed by atoms with van der Waals surface area (Å²) >= 11 is 11.2. The molecule has 1 unspecified atom stereocenters. The molecule has 50 valence electrons. The summed E-state index contributed by atoms with van der Waals surface area (Å²) in [6.07, 6.45) is 0. The van der Waals surface area contributed by atoms with Crippen molar-refractivity contribution in [2.75, 3.05) is 0 Å². The smallest absolute Gasteiger partial charge is 0.0592 e. The number of hydrogen-bond acceptors (Lipinski definition) is 0. The standard InChI is InChI=1S/C6H4Cl2.H3P/c7-5-3-1-2-4-6(5)8;/h1-4H;1H3. The lowest BCUT2D eigenvalue weighted by Crippen LogP contribution is -1.62. The van der Waals surface area contributed by atoms with Crippen LogP contribution in [0.3, 0.4) is 0 Å². The fourth-order valence-electron chi connectivity index (χ4n) is 0.439. The topological polar surface area (TPSA) is 0 Å². The minimum absolute atomic E-state index is 0. The third-order valence-corrected chi connectivity index (χ3v) is 1.58. The van der Waals surface area contributed by atoms with E-state index in [9.17, 15) is 0 Å². The second-order valence-electron chi connectivity index (χ2n) is 1.41. The molecule has 0 bridgehead atoms. The van der Waals surface area contributed by atoms with Gasteiger partial charge in [-0.3, -0.25) is 0 Å². The van der Waals surface area contributed by atoms with Crippen LogP contribution in [-0.4, -0.2) is 0 Å². The largest absolute Gasteiger partial charge is 0.153 e. The van der Waals surface area contributed by atoms with E-state index in [0.29, 0.717) is 10.0 Å². The van der Waals surface area contributed by atoms with E-state index in [1.54, 1.807) is 12.1 Å². The van der Waals surface area contributed by atoms with E-state index in [0.717, 1.165) is 0 Å². The molecule has 1 rings (SSSR count). The first-order valence-corrected chi connectivity index (χ1v) is 2.96. The van der Waals surface area contributed by atoms with Crippen LogP contribution >= 0.6 is 33.1 Å². The molecule has 0 aliphatic carbocycles. The number of halogens is 2. The van der Waals surface area contributed by atoms with E-state index in [-0.39, 0.29) is 9.90 Å². The Bertz CT molecular complexity index is 167. The molecule has 0 heterocycles. The van der Waals surface area contributed by atoms with Crippen molar-refractivity contribution in [1.29, 1.82) is 0 Å². The van der Waals surface area contributed by atoms with Gasteiger partial charge in [-0.05, 0) is 12.1 Å². The lowest BCUT2D eigenvalue weighted by molar-refractivity contribution is 1.71. The van der Waals surface area contributed by atoms with Crippen LogP contribution in [0.2, 0.25) is 10.0 Å². The summed E-state index contributed by atoms with van der Waals surface area (Å²) < 4.78 is 0. The van der Waals surface area contributed by atoms with E-state index in [2.05, 4.69) is 0 Å². The molecule has 0 amide bonds. The molecule has 3 heteroatoms. The average Bonchev–Trinajstić information content (AvgIpc) is 1.77. The highest BCUT2D eigenvalue weighted by molar-refractivity contribution is 6.92. The van der Waals surface area contributed by atoms with Crippen molar-refractivity contribution in [2.24, 2.45) is 0 Å². The van der Waals surface area contributed by atoms with Crippen molar-refractivity contribution in [3.05, 3.63) is 34.3 Å². The van der Waals surface area contributed by atoms with Crippen LogP contribution in [0.25, 0.3) is 0 Å². The summed E-state index contributed by atoms with van der Waals surface area (Å²) in [5, 5.41) is 1.21. The van der Waals surface area contributed by atoms with Gasteiger partial charge in [-0.15, -0.1) is 0 Å². The maximum atomic E-state index is 5.58. The second kappa shape index (κ2) is 4.11. The van der Waals surface area contributed by atoms with Crippen LogP contribution in [0, 0.1) is 0 Å². The Kier molecular flexibility index (Phi) is 4.22. The normalized spacial score (nSPS) is 8.22. The van der Waals surface area contributed by atoms with Crippen molar-refractivity contribution in [1.82, 2.24) is 0 Å². The van der Waals surface area contributed by atoms with Gasteiger partial charge in [0.05, 0.1) is 10.0 Å². The van der Waals surface area contributed by atoms with Gasteiger partial charge < -0.3 is 0 Å². The molecule has 0 fully saturated rings. The third-order valence-electron chi connectivity index (χ3n) is 0.824. The molecule has 0 nitrogen and oxygen atoms in total. The Morgan fingerprint density at radius 3 is 1.44 bits per heavy atom. The minimum atomic E-state index is 0. The molecule has 0 aromatic heterocycles. The Morgan fingerprint density at radius 1 is 0.889 bits per heavy atom. The van der Waals surface area contributed by atoms with Gasteiger partial charge in [0.25, 0.3) is 0 Å². The molecule has 0 saturated carbocycles. The zero-order valence-electron chi connectivity index (χ0n) is 4.77. The Balaban J connectivity index is 0.000000640. The van der Waals surface area contributed by atoms with Gasteiger partial charge in [0, 0.05) is 0 Å². The van der Waals surface area contributed by atoms with Crippen LogP contribution in [0.1, 0.15) is 0 Å². The SMILES string of the molecule is Clc1ccccc1Cl.P. The summed E-state index contributed by atoms with van der Waals surface area (Å²) in [6.45, 7) is 0. The molecule has 0 spiro atoms. The minimum Gasteiger partial charge on any atom is -0.153 e. The van der Waals surface area contributed by atoms with E-state index in [4.69, 9.17) is 23.2 Å². The zero-order valence-corrected chi connectivity index (χ0v) is 7.70. The Labute approximate surface area is 67.8 Å². The summed E-state index contributed by atoms with van der Waals surface area (Å²) in [4.78, 5) is 0. The van der Waals surface area contributed by atoms with Crippen molar-refractivity contribution >= 4 is 33.1 Å². The van der Waals surface area contributed by atoms with Crippen molar-refractivity contribution in [2.45, 2.75) is 0 Å². The van der Waals surface area contributed by atoms with Crippen LogP contribution in [0.4, 0.5) is 0 Å². The van der Waals surface area contributed by atoms with Gasteiger partial charge in [0.2, 0.25) is 0 Å². The monoisotopic (exact) mass is 180 g/mol. The van der Waals surface area contributed by atoms with E-state index < -0.39 is 0 Å². The summed E-state index contributed by atoms with van der Waals surface area (Å²) in [7, 11) is 0. The molecular formula is C6H7Cl2P. The highest BCUT2D eigenvalue weighted by atomic mass is 35.5. The van der Waals surface area contributed by atoms with E-state index >= 15 is 0 Å². The molecule has 1 aromatic rings. The van der Waals surface area contributed by atoms with Gasteiger partial charge in [-0.25, -0.2) is 0 Å². The fraction of sp³-hybridized carbons (Fsp3) is 0. The van der Waals surface area contributed by atoms with E-state index in [1.165, 1.54) is 0 Å². The highest BCUT2D eigenvalue weighted by Crippen LogP contribution is 2.19. The lowest BCUT2D eigenvalue weighted by Gasteiger charge is -1.88. The molecule has 0 N–H and O–H groups in total. The van der Waals surface area contributed by atoms with Crippen LogP contribution in [-0.2, 0) is 0 Å². The molecule has 0 aliphatic heterocycles. The third kappa shape index (κ3) is 2.53. The number of rotatable bonds is 0. The van der Waals surface area contributed by atoms with Crippen molar-refractivity contribution in [3.63, 3.8) is 0 Å². The highest BCUT2D eigenvalue weighted by Gasteiger charge is 1.89. The first-order chi connectivity index (χ1) is 3.80. The lowest BCUT2D eigenvalue weighted by atomic mass is 10.4. The summed E-state index contributed by atoms with van der Waals surface area (Å²) in [5.74, 6) is 0. The molecular weight excluding hydrogens is 174 g/mol. The summed E-state index contributed by atoms with van der Waals surface area (Å²) in [6, 6.07) is 7.19. The van der Waals surface area contributed by atoms with Gasteiger partial charge in [0.1, 0.15) is 0 Å². The number of hydrogen-bond donors (Lipinski definition) is 0. The molecule has 0 aliphatic rings. The maximum absolute atomic E-state index is 5.58. The van der Waals surface area contributed by atoms with Gasteiger partial charge in [-0.2, -0.15) is 9.90 Å². The molecule has 9 heavy (non-hydrogen) atoms.